The zero-order valence-corrected chi connectivity index (χ0v) is 14.1. The van der Waals surface area contributed by atoms with E-state index in [1.165, 1.54) is 6.92 Å². The molecule has 0 heterocycles. The van der Waals surface area contributed by atoms with Gasteiger partial charge in [-0.15, -0.1) is 13.2 Å². The highest BCUT2D eigenvalue weighted by Crippen LogP contribution is 2.37. The lowest BCUT2D eigenvalue weighted by Gasteiger charge is -2.15. The van der Waals surface area contributed by atoms with Crippen molar-refractivity contribution in [2.45, 2.75) is 19.3 Å². The monoisotopic (exact) mass is 418 g/mol. The average molecular weight is 420 g/mol. The Balaban J connectivity index is 2.84. The van der Waals surface area contributed by atoms with E-state index in [1.807, 2.05) is 0 Å². The Morgan fingerprint density at radius 2 is 1.96 bits per heavy atom. The second-order valence-electron chi connectivity index (χ2n) is 4.15. The smallest absolute Gasteiger partial charge is 0.467 e. The topological polar surface area (TPSA) is 76.7 Å². The Bertz CT molecular complexity index is 613. The number of carbonyl (C=O) groups excluding carboxylic acids is 2. The number of carbonyl (C=O) groups is 2. The predicted molar refractivity (Wildman–Crippen MR) is 79.5 cm³/mol. The van der Waals surface area contributed by atoms with E-state index in [0.717, 1.165) is 19.2 Å². The molecule has 0 fully saturated rings. The van der Waals surface area contributed by atoms with Crippen LogP contribution in [0.1, 0.15) is 6.92 Å². The van der Waals surface area contributed by atoms with E-state index < -0.39 is 30.2 Å². The first-order valence-electron chi connectivity index (χ1n) is 5.93. The molecule has 23 heavy (non-hydrogen) atoms. The summed E-state index contributed by atoms with van der Waals surface area (Å²) >= 11 is 8.66. The van der Waals surface area contributed by atoms with Crippen molar-refractivity contribution in [1.82, 2.24) is 5.32 Å². The van der Waals surface area contributed by atoms with Gasteiger partial charge in [-0.3, -0.25) is 0 Å². The Morgan fingerprint density at radius 1 is 1.35 bits per heavy atom. The summed E-state index contributed by atoms with van der Waals surface area (Å²) < 4.78 is 44.9. The Kier molecular flexibility index (Phi) is 6.51. The standard InChI is InChI=1S/C12H11BrClF3N2O4/c1-5(10(20)22-2)18-11(21)19-8-4-7(14)9(3-6(8)13)23-12(15,16)17/h3-5H,1-2H3,(H2,18,19,21). The number of alkyl halides is 3. The number of nitrogens with one attached hydrogen (secondary N) is 2. The molecule has 128 valence electrons. The summed E-state index contributed by atoms with van der Waals surface area (Å²) in [4.78, 5) is 22.9. The van der Waals surface area contributed by atoms with Crippen molar-refractivity contribution in [1.29, 1.82) is 0 Å². The van der Waals surface area contributed by atoms with Crippen molar-refractivity contribution in [3.05, 3.63) is 21.6 Å². The molecule has 1 aromatic carbocycles. The Morgan fingerprint density at radius 3 is 2.48 bits per heavy atom. The van der Waals surface area contributed by atoms with E-state index >= 15 is 0 Å². The quantitative estimate of drug-likeness (QED) is 0.730. The van der Waals surface area contributed by atoms with Gasteiger partial charge in [0, 0.05) is 4.47 Å². The summed E-state index contributed by atoms with van der Waals surface area (Å²) in [5.74, 6) is -1.29. The van der Waals surface area contributed by atoms with Gasteiger partial charge in [0.2, 0.25) is 0 Å². The number of hydrogen-bond acceptors (Lipinski definition) is 4. The van der Waals surface area contributed by atoms with Crippen molar-refractivity contribution in [2.24, 2.45) is 0 Å². The molecule has 1 atom stereocenters. The summed E-state index contributed by atoms with van der Waals surface area (Å²) in [5, 5.41) is 4.24. The fourth-order valence-electron chi connectivity index (χ4n) is 1.42. The highest BCUT2D eigenvalue weighted by atomic mass is 79.9. The lowest BCUT2D eigenvalue weighted by atomic mass is 10.3. The minimum absolute atomic E-state index is 0.0825. The molecule has 6 nitrogen and oxygen atoms in total. The van der Waals surface area contributed by atoms with Crippen LogP contribution < -0.4 is 15.4 Å². The van der Waals surface area contributed by atoms with Gasteiger partial charge in [-0.05, 0) is 35.0 Å². The molecule has 2 N–H and O–H groups in total. The molecule has 0 aromatic heterocycles. The highest BCUT2D eigenvalue weighted by molar-refractivity contribution is 9.10. The van der Waals surface area contributed by atoms with E-state index in [1.54, 1.807) is 0 Å². The maximum Gasteiger partial charge on any atom is 0.573 e. The Hall–Kier alpha value is -1.68. The zero-order chi connectivity index (χ0) is 17.8. The van der Waals surface area contributed by atoms with Gasteiger partial charge in [0.15, 0.2) is 0 Å². The molecule has 0 radical (unpaired) electrons. The molecular weight excluding hydrogens is 408 g/mol. The first-order chi connectivity index (χ1) is 10.5. The van der Waals surface area contributed by atoms with Gasteiger partial charge < -0.3 is 20.1 Å². The molecule has 1 rings (SSSR count). The van der Waals surface area contributed by atoms with Crippen LogP contribution in [0, 0.1) is 0 Å². The van der Waals surface area contributed by atoms with Gasteiger partial charge in [0.05, 0.1) is 17.8 Å². The SMILES string of the molecule is COC(=O)C(C)NC(=O)Nc1cc(Cl)c(OC(F)(F)F)cc1Br. The van der Waals surface area contributed by atoms with E-state index in [9.17, 15) is 22.8 Å². The fourth-order valence-corrected chi connectivity index (χ4v) is 2.04. The number of methoxy groups -OCH3 is 1. The summed E-state index contributed by atoms with van der Waals surface area (Å²) in [6.07, 6.45) is -4.90. The second kappa shape index (κ2) is 7.73. The van der Waals surface area contributed by atoms with Crippen molar-refractivity contribution >= 4 is 45.2 Å². The van der Waals surface area contributed by atoms with Crippen LogP contribution >= 0.6 is 27.5 Å². The molecule has 0 saturated heterocycles. The van der Waals surface area contributed by atoms with Crippen molar-refractivity contribution < 1.29 is 32.2 Å². The minimum atomic E-state index is -4.90. The maximum atomic E-state index is 12.2. The first kappa shape index (κ1) is 19.4. The minimum Gasteiger partial charge on any atom is -0.467 e. The lowest BCUT2D eigenvalue weighted by molar-refractivity contribution is -0.274. The number of ether oxygens (including phenoxy) is 2. The van der Waals surface area contributed by atoms with E-state index in [0.29, 0.717) is 0 Å². The number of esters is 1. The molecule has 2 amide bonds. The summed E-state index contributed by atoms with van der Waals surface area (Å²) in [6.45, 7) is 1.40. The number of urea groups is 1. The molecule has 0 spiro atoms. The van der Waals surface area contributed by atoms with Gasteiger partial charge in [0.1, 0.15) is 11.8 Å². The Labute approximate surface area is 142 Å². The molecule has 11 heteroatoms. The molecule has 1 unspecified atom stereocenters. The molecule has 0 aliphatic heterocycles. The number of benzene rings is 1. The molecular formula is C12H11BrClF3N2O4. The van der Waals surface area contributed by atoms with Crippen molar-refractivity contribution in [3.8, 4) is 5.75 Å². The van der Waals surface area contributed by atoms with Crippen LogP contribution in [0.15, 0.2) is 16.6 Å². The van der Waals surface area contributed by atoms with Crippen LogP contribution in [0.5, 0.6) is 5.75 Å². The van der Waals surface area contributed by atoms with Gasteiger partial charge in [-0.1, -0.05) is 11.6 Å². The third kappa shape index (κ3) is 6.14. The molecule has 0 aliphatic carbocycles. The fraction of sp³-hybridized carbons (Fsp3) is 0.333. The summed E-state index contributed by atoms with van der Waals surface area (Å²) in [6, 6.07) is 0.329. The van der Waals surface area contributed by atoms with E-state index in [2.05, 4.69) is 36.0 Å². The molecule has 0 bridgehead atoms. The van der Waals surface area contributed by atoms with Gasteiger partial charge in [-0.2, -0.15) is 0 Å². The number of halogens is 5. The van der Waals surface area contributed by atoms with Crippen LogP contribution in [0.25, 0.3) is 0 Å². The van der Waals surface area contributed by atoms with Crippen LogP contribution in [0.2, 0.25) is 5.02 Å². The number of hydrogen-bond donors (Lipinski definition) is 2. The first-order valence-corrected chi connectivity index (χ1v) is 7.10. The number of amides is 2. The largest absolute Gasteiger partial charge is 0.573 e. The summed E-state index contributed by atoms with van der Waals surface area (Å²) in [7, 11) is 1.16. The van der Waals surface area contributed by atoms with Crippen LogP contribution in [0.4, 0.5) is 23.7 Å². The van der Waals surface area contributed by atoms with Gasteiger partial charge >= 0.3 is 18.4 Å². The van der Waals surface area contributed by atoms with Crippen LogP contribution in [-0.4, -0.2) is 31.5 Å². The third-order valence-corrected chi connectivity index (χ3v) is 3.35. The zero-order valence-electron chi connectivity index (χ0n) is 11.8. The predicted octanol–water partition coefficient (Wildman–Crippen LogP) is 3.68. The molecule has 1 aromatic rings. The summed E-state index contributed by atoms with van der Waals surface area (Å²) in [5.41, 5.74) is 0.0825. The van der Waals surface area contributed by atoms with E-state index in [-0.39, 0.29) is 15.2 Å². The van der Waals surface area contributed by atoms with E-state index in [4.69, 9.17) is 11.6 Å². The molecule has 0 saturated carbocycles. The maximum absolute atomic E-state index is 12.2. The number of rotatable bonds is 4. The molecule has 0 aliphatic rings. The van der Waals surface area contributed by atoms with Crippen molar-refractivity contribution in [2.75, 3.05) is 12.4 Å². The lowest BCUT2D eigenvalue weighted by Crippen LogP contribution is -2.41. The van der Waals surface area contributed by atoms with Gasteiger partial charge in [0.25, 0.3) is 0 Å². The van der Waals surface area contributed by atoms with Gasteiger partial charge in [-0.25, -0.2) is 9.59 Å². The number of anilines is 1. The average Bonchev–Trinajstić information content (AvgIpc) is 2.41. The normalized spacial score (nSPS) is 12.3. The van der Waals surface area contributed by atoms with Crippen LogP contribution in [-0.2, 0) is 9.53 Å². The second-order valence-corrected chi connectivity index (χ2v) is 5.42. The third-order valence-electron chi connectivity index (χ3n) is 2.40. The highest BCUT2D eigenvalue weighted by Gasteiger charge is 2.32. The van der Waals surface area contributed by atoms with Crippen molar-refractivity contribution in [3.63, 3.8) is 0 Å². The van der Waals surface area contributed by atoms with Crippen LogP contribution in [0.3, 0.4) is 0 Å².